The molecule has 0 bridgehead atoms. The molecule has 1 unspecified atom stereocenters. The summed E-state index contributed by atoms with van der Waals surface area (Å²) in [7, 11) is 1.99. The van der Waals surface area contributed by atoms with Crippen LogP contribution in [0.15, 0.2) is 14.3 Å². The highest BCUT2D eigenvalue weighted by molar-refractivity contribution is 9.13. The molecule has 0 saturated carbocycles. The van der Waals surface area contributed by atoms with Gasteiger partial charge >= 0.3 is 0 Å². The first-order chi connectivity index (χ1) is 7.19. The van der Waals surface area contributed by atoms with E-state index in [1.54, 1.807) is 11.3 Å². The van der Waals surface area contributed by atoms with Crippen LogP contribution in [0, 0.1) is 11.8 Å². The van der Waals surface area contributed by atoms with Crippen molar-refractivity contribution in [1.82, 2.24) is 5.32 Å². The van der Waals surface area contributed by atoms with Crippen LogP contribution in [0.25, 0.3) is 0 Å². The summed E-state index contributed by atoms with van der Waals surface area (Å²) >= 11 is 8.78. The highest BCUT2D eigenvalue weighted by Gasteiger charge is 2.13. The molecule has 82 valence electrons. The lowest BCUT2D eigenvalue weighted by atomic mass is 10.1. The van der Waals surface area contributed by atoms with Crippen LogP contribution in [0.1, 0.15) is 30.7 Å². The van der Waals surface area contributed by atoms with Crippen LogP contribution in [0.5, 0.6) is 0 Å². The molecular formula is C11H13Br2NS. The monoisotopic (exact) mass is 349 g/mol. The molecule has 1 aromatic heterocycles. The van der Waals surface area contributed by atoms with Gasteiger partial charge in [-0.1, -0.05) is 0 Å². The third kappa shape index (κ3) is 3.92. The van der Waals surface area contributed by atoms with E-state index in [2.05, 4.69) is 55.1 Å². The zero-order chi connectivity index (χ0) is 11.3. The Labute approximate surface area is 112 Å². The molecule has 1 nitrogen and oxygen atoms in total. The van der Waals surface area contributed by atoms with Crippen molar-refractivity contribution in [3.63, 3.8) is 0 Å². The first-order valence-electron chi connectivity index (χ1n) is 4.70. The third-order valence-corrected chi connectivity index (χ3v) is 5.46. The summed E-state index contributed by atoms with van der Waals surface area (Å²) < 4.78 is 2.28. The Morgan fingerprint density at radius 1 is 1.53 bits per heavy atom. The predicted molar refractivity (Wildman–Crippen MR) is 74.2 cm³/mol. The maximum Gasteiger partial charge on any atom is 0.0843 e. The van der Waals surface area contributed by atoms with Crippen molar-refractivity contribution in [2.45, 2.75) is 25.8 Å². The summed E-state index contributed by atoms with van der Waals surface area (Å²) in [5, 5.41) is 3.32. The standard InChI is InChI=1S/C11H13Br2NS/c1-3-4-5-6-9(14-2)10-7-8(12)11(13)15-10/h7,9,14H,5-6H2,1-2H3. The summed E-state index contributed by atoms with van der Waals surface area (Å²) in [6, 6.07) is 2.56. The van der Waals surface area contributed by atoms with E-state index in [4.69, 9.17) is 0 Å². The summed E-state index contributed by atoms with van der Waals surface area (Å²) in [4.78, 5) is 1.34. The van der Waals surface area contributed by atoms with Crippen molar-refractivity contribution in [2.24, 2.45) is 0 Å². The van der Waals surface area contributed by atoms with E-state index in [0.29, 0.717) is 6.04 Å². The molecule has 0 aromatic carbocycles. The molecule has 0 amide bonds. The van der Waals surface area contributed by atoms with E-state index < -0.39 is 0 Å². The van der Waals surface area contributed by atoms with Gasteiger partial charge in [0.15, 0.2) is 0 Å². The van der Waals surface area contributed by atoms with E-state index in [0.717, 1.165) is 21.1 Å². The number of nitrogens with one attached hydrogen (secondary N) is 1. The largest absolute Gasteiger partial charge is 0.312 e. The predicted octanol–water partition coefficient (Wildman–Crippen LogP) is 4.34. The molecule has 1 aromatic rings. The van der Waals surface area contributed by atoms with Crippen LogP contribution in [-0.2, 0) is 0 Å². The van der Waals surface area contributed by atoms with Gasteiger partial charge < -0.3 is 5.32 Å². The molecule has 1 N–H and O–H groups in total. The van der Waals surface area contributed by atoms with Crippen molar-refractivity contribution < 1.29 is 0 Å². The van der Waals surface area contributed by atoms with Gasteiger partial charge in [-0.25, -0.2) is 0 Å². The second-order valence-corrected chi connectivity index (χ2v) is 6.33. The Morgan fingerprint density at radius 2 is 2.27 bits per heavy atom. The first kappa shape index (κ1) is 13.2. The second kappa shape index (κ2) is 6.70. The SMILES string of the molecule is CC#CCCC(NC)c1cc(Br)c(Br)s1. The Kier molecular flexibility index (Phi) is 5.91. The van der Waals surface area contributed by atoms with Crippen LogP contribution < -0.4 is 5.32 Å². The highest BCUT2D eigenvalue weighted by Crippen LogP contribution is 2.36. The fraction of sp³-hybridized carbons (Fsp3) is 0.455. The lowest BCUT2D eigenvalue weighted by Crippen LogP contribution is -2.14. The number of halogens is 2. The van der Waals surface area contributed by atoms with Crippen molar-refractivity contribution in [2.75, 3.05) is 7.05 Å². The van der Waals surface area contributed by atoms with Gasteiger partial charge in [-0.15, -0.1) is 23.2 Å². The molecule has 0 radical (unpaired) electrons. The number of thiophene rings is 1. The molecule has 0 spiro atoms. The maximum absolute atomic E-state index is 3.51. The van der Waals surface area contributed by atoms with Gasteiger partial charge in [-0.2, -0.15) is 0 Å². The summed E-state index contributed by atoms with van der Waals surface area (Å²) in [5.74, 6) is 6.02. The molecular weight excluding hydrogens is 338 g/mol. The second-order valence-electron chi connectivity index (χ2n) is 3.08. The topological polar surface area (TPSA) is 12.0 Å². The van der Waals surface area contributed by atoms with Gasteiger partial charge in [0.2, 0.25) is 0 Å². The average molecular weight is 351 g/mol. The zero-order valence-corrected chi connectivity index (χ0v) is 12.7. The quantitative estimate of drug-likeness (QED) is 0.796. The third-order valence-electron chi connectivity index (χ3n) is 2.09. The smallest absolute Gasteiger partial charge is 0.0843 e. The van der Waals surface area contributed by atoms with Crippen LogP contribution >= 0.6 is 43.2 Å². The van der Waals surface area contributed by atoms with E-state index >= 15 is 0 Å². The van der Waals surface area contributed by atoms with Crippen molar-refractivity contribution in [1.29, 1.82) is 0 Å². The molecule has 0 fully saturated rings. The molecule has 0 aliphatic rings. The zero-order valence-electron chi connectivity index (χ0n) is 8.73. The normalized spacial score (nSPS) is 12.0. The van der Waals surface area contributed by atoms with E-state index in [1.165, 1.54) is 4.88 Å². The highest BCUT2D eigenvalue weighted by atomic mass is 79.9. The Morgan fingerprint density at radius 3 is 2.73 bits per heavy atom. The Balaban J connectivity index is 2.68. The van der Waals surface area contributed by atoms with Crippen molar-refractivity contribution in [3.05, 3.63) is 19.2 Å². The van der Waals surface area contributed by atoms with Gasteiger partial charge in [0, 0.05) is 21.8 Å². The van der Waals surface area contributed by atoms with E-state index in [9.17, 15) is 0 Å². The van der Waals surface area contributed by atoms with Gasteiger partial charge in [0.25, 0.3) is 0 Å². The summed E-state index contributed by atoms with van der Waals surface area (Å²) in [5.41, 5.74) is 0. The molecule has 15 heavy (non-hydrogen) atoms. The van der Waals surface area contributed by atoms with Crippen LogP contribution in [-0.4, -0.2) is 7.05 Å². The van der Waals surface area contributed by atoms with Gasteiger partial charge in [0.1, 0.15) is 0 Å². The van der Waals surface area contributed by atoms with Crippen LogP contribution in [0.2, 0.25) is 0 Å². The van der Waals surface area contributed by atoms with Gasteiger partial charge in [0.05, 0.1) is 3.79 Å². The molecule has 1 rings (SSSR count). The van der Waals surface area contributed by atoms with Crippen molar-refractivity contribution in [3.8, 4) is 11.8 Å². The summed E-state index contributed by atoms with van der Waals surface area (Å²) in [6.45, 7) is 1.88. The minimum absolute atomic E-state index is 0.401. The Bertz CT molecular complexity index is 356. The van der Waals surface area contributed by atoms with Crippen LogP contribution in [0.4, 0.5) is 0 Å². The number of rotatable bonds is 4. The molecule has 0 aliphatic carbocycles. The fourth-order valence-electron chi connectivity index (χ4n) is 1.31. The number of hydrogen-bond donors (Lipinski definition) is 1. The van der Waals surface area contributed by atoms with Gasteiger partial charge in [-0.05, 0) is 58.3 Å². The lowest BCUT2D eigenvalue weighted by Gasteiger charge is -2.12. The fourth-order valence-corrected chi connectivity index (χ4v) is 3.54. The first-order valence-corrected chi connectivity index (χ1v) is 7.11. The minimum Gasteiger partial charge on any atom is -0.312 e. The minimum atomic E-state index is 0.401. The lowest BCUT2D eigenvalue weighted by molar-refractivity contribution is 0.567. The average Bonchev–Trinajstić information content (AvgIpc) is 2.54. The van der Waals surface area contributed by atoms with Gasteiger partial charge in [-0.3, -0.25) is 0 Å². The van der Waals surface area contributed by atoms with Crippen molar-refractivity contribution >= 4 is 43.2 Å². The molecule has 0 saturated heterocycles. The molecule has 4 heteroatoms. The molecule has 1 atom stereocenters. The van der Waals surface area contributed by atoms with E-state index in [1.807, 2.05) is 14.0 Å². The maximum atomic E-state index is 3.51. The molecule has 1 heterocycles. The van der Waals surface area contributed by atoms with E-state index in [-0.39, 0.29) is 0 Å². The molecule has 0 aliphatic heterocycles. The summed E-state index contributed by atoms with van der Waals surface area (Å²) in [6.07, 6.45) is 1.99. The van der Waals surface area contributed by atoms with Crippen LogP contribution in [0.3, 0.4) is 0 Å². The number of hydrogen-bond acceptors (Lipinski definition) is 2. The Hall–Kier alpha value is 0.180.